The minimum Gasteiger partial charge on any atom is -0.306 e. The molecule has 0 N–H and O–H groups in total. The van der Waals surface area contributed by atoms with Crippen molar-refractivity contribution in [3.8, 4) is 0 Å². The molecular weight excluding hydrogens is 320 g/mol. The van der Waals surface area contributed by atoms with Crippen LogP contribution >= 0.6 is 0 Å². The van der Waals surface area contributed by atoms with Gasteiger partial charge in [-0.25, -0.2) is 4.98 Å². The monoisotopic (exact) mass is 346 g/mol. The van der Waals surface area contributed by atoms with E-state index in [1.54, 1.807) is 13.2 Å². The van der Waals surface area contributed by atoms with Crippen LogP contribution in [0.15, 0.2) is 60.6 Å². The number of aryl methyl sites for hydroxylation is 1. The molecule has 0 amide bonds. The van der Waals surface area contributed by atoms with Gasteiger partial charge >= 0.3 is 0 Å². The summed E-state index contributed by atoms with van der Waals surface area (Å²) in [6.07, 6.45) is 11.5. The normalized spacial score (nSPS) is 11.5. The molecule has 4 nitrogen and oxygen atoms in total. The highest BCUT2D eigenvalue weighted by Crippen LogP contribution is 2.30. The van der Waals surface area contributed by atoms with Crippen LogP contribution in [0.2, 0.25) is 0 Å². The van der Waals surface area contributed by atoms with Crippen LogP contribution in [0.25, 0.3) is 16.8 Å². The summed E-state index contributed by atoms with van der Waals surface area (Å²) in [5.41, 5.74) is 7.05. The summed E-state index contributed by atoms with van der Waals surface area (Å²) in [6, 6.07) is 6.06. The van der Waals surface area contributed by atoms with Gasteiger partial charge < -0.3 is 4.40 Å². The van der Waals surface area contributed by atoms with Crippen molar-refractivity contribution in [2.75, 3.05) is 7.05 Å². The molecule has 0 aliphatic carbocycles. The average Bonchev–Trinajstić information content (AvgIpc) is 3.15. The molecular formula is C22H26N4. The maximum absolute atomic E-state index is 4.46. The highest BCUT2D eigenvalue weighted by Gasteiger charge is 2.14. The molecule has 0 saturated heterocycles. The second-order valence-electron chi connectivity index (χ2n) is 5.54. The van der Waals surface area contributed by atoms with E-state index in [9.17, 15) is 0 Å². The first-order chi connectivity index (χ1) is 12.7. The van der Waals surface area contributed by atoms with Gasteiger partial charge in [-0.2, -0.15) is 0 Å². The largest absolute Gasteiger partial charge is 0.306 e. The maximum atomic E-state index is 4.46. The van der Waals surface area contributed by atoms with E-state index < -0.39 is 0 Å². The SMILES string of the molecule is C=C(c1ccc2nccn2c1)c1c(/C(C=NC)=C/C)ccnc1C.CC. The molecule has 0 saturated carbocycles. The van der Waals surface area contributed by atoms with Crippen LogP contribution in [0, 0.1) is 6.92 Å². The van der Waals surface area contributed by atoms with E-state index in [1.165, 1.54) is 0 Å². The molecule has 0 atom stereocenters. The number of nitrogens with zero attached hydrogens (tertiary/aromatic N) is 4. The Morgan fingerprint density at radius 3 is 2.62 bits per heavy atom. The standard InChI is InChI=1S/C20H20N4.C2H6/c1-5-16(12-21-4)18-8-9-22-15(3)20(18)14(2)17-6-7-19-23-10-11-24(19)13-17;1-2/h5-13H,2H2,1,3-4H3;1-2H3/b16-5+,21-12?;. The third kappa shape index (κ3) is 3.80. The van der Waals surface area contributed by atoms with Gasteiger partial charge in [0.05, 0.1) is 0 Å². The lowest BCUT2D eigenvalue weighted by atomic mass is 9.91. The lowest BCUT2D eigenvalue weighted by molar-refractivity contribution is 1.16. The molecule has 0 spiro atoms. The Labute approximate surface area is 155 Å². The van der Waals surface area contributed by atoms with Gasteiger partial charge in [0.25, 0.3) is 0 Å². The fourth-order valence-electron chi connectivity index (χ4n) is 2.87. The number of hydrogen-bond donors (Lipinski definition) is 0. The molecule has 4 heteroatoms. The van der Waals surface area contributed by atoms with Gasteiger partial charge in [-0.05, 0) is 54.3 Å². The van der Waals surface area contributed by atoms with E-state index in [-0.39, 0.29) is 0 Å². The number of allylic oxidation sites excluding steroid dienone is 2. The summed E-state index contributed by atoms with van der Waals surface area (Å²) in [5, 5.41) is 0. The maximum Gasteiger partial charge on any atom is 0.136 e. The Bertz CT molecular complexity index is 961. The highest BCUT2D eigenvalue weighted by atomic mass is 15.0. The molecule has 0 bridgehead atoms. The zero-order chi connectivity index (χ0) is 19.1. The smallest absolute Gasteiger partial charge is 0.136 e. The molecule has 3 heterocycles. The Morgan fingerprint density at radius 1 is 1.15 bits per heavy atom. The van der Waals surface area contributed by atoms with Crippen LogP contribution < -0.4 is 0 Å². The van der Waals surface area contributed by atoms with Crippen LogP contribution in [0.4, 0.5) is 0 Å². The van der Waals surface area contributed by atoms with Crippen molar-refractivity contribution in [2.24, 2.45) is 4.99 Å². The van der Waals surface area contributed by atoms with E-state index in [4.69, 9.17) is 0 Å². The first-order valence-corrected chi connectivity index (χ1v) is 8.82. The van der Waals surface area contributed by atoms with Gasteiger partial charge in [0.2, 0.25) is 0 Å². The lowest BCUT2D eigenvalue weighted by Gasteiger charge is -2.15. The molecule has 0 aliphatic heterocycles. The Kier molecular flexibility index (Phi) is 6.61. The van der Waals surface area contributed by atoms with Crippen molar-refractivity contribution in [2.45, 2.75) is 27.7 Å². The molecule has 0 aromatic carbocycles. The van der Waals surface area contributed by atoms with Crippen molar-refractivity contribution in [1.29, 1.82) is 0 Å². The van der Waals surface area contributed by atoms with Crippen LogP contribution in [-0.2, 0) is 0 Å². The van der Waals surface area contributed by atoms with E-state index in [2.05, 4.69) is 27.6 Å². The van der Waals surface area contributed by atoms with Crippen molar-refractivity contribution < 1.29 is 0 Å². The molecule has 3 aromatic heterocycles. The topological polar surface area (TPSA) is 42.5 Å². The predicted octanol–water partition coefficient (Wildman–Crippen LogP) is 5.23. The van der Waals surface area contributed by atoms with E-state index >= 15 is 0 Å². The second kappa shape index (κ2) is 8.90. The predicted molar refractivity (Wildman–Crippen MR) is 112 cm³/mol. The summed E-state index contributed by atoms with van der Waals surface area (Å²) in [4.78, 5) is 12.9. The van der Waals surface area contributed by atoms with Gasteiger partial charge in [-0.15, -0.1) is 0 Å². The van der Waals surface area contributed by atoms with Crippen molar-refractivity contribution >= 4 is 23.0 Å². The molecule has 3 rings (SSSR count). The van der Waals surface area contributed by atoms with E-state index in [0.717, 1.165) is 39.2 Å². The van der Waals surface area contributed by atoms with Gasteiger partial charge in [0.1, 0.15) is 5.65 Å². The fraction of sp³-hybridized carbons (Fsp3) is 0.227. The Hall–Kier alpha value is -3.01. The molecule has 0 unspecified atom stereocenters. The van der Waals surface area contributed by atoms with Gasteiger partial charge in [-0.3, -0.25) is 9.98 Å². The number of rotatable bonds is 4. The third-order valence-electron chi connectivity index (χ3n) is 4.07. The summed E-state index contributed by atoms with van der Waals surface area (Å²) in [6.45, 7) is 12.4. The van der Waals surface area contributed by atoms with Gasteiger partial charge in [0, 0.05) is 49.3 Å². The first-order valence-electron chi connectivity index (χ1n) is 8.82. The first kappa shape index (κ1) is 19.3. The average molecular weight is 346 g/mol. The van der Waals surface area contributed by atoms with Crippen molar-refractivity contribution in [1.82, 2.24) is 14.4 Å². The van der Waals surface area contributed by atoms with Gasteiger partial charge in [0.15, 0.2) is 0 Å². The highest BCUT2D eigenvalue weighted by molar-refractivity contribution is 6.11. The van der Waals surface area contributed by atoms with Crippen molar-refractivity contribution in [3.63, 3.8) is 0 Å². The molecule has 0 fully saturated rings. The number of imidazole rings is 1. The zero-order valence-electron chi connectivity index (χ0n) is 16.2. The molecule has 3 aromatic rings. The second-order valence-corrected chi connectivity index (χ2v) is 5.54. The summed E-state index contributed by atoms with van der Waals surface area (Å²) < 4.78 is 2.00. The zero-order valence-corrected chi connectivity index (χ0v) is 16.2. The Balaban J connectivity index is 0.00000117. The number of fused-ring (bicyclic) bond motifs is 1. The van der Waals surface area contributed by atoms with E-state index in [0.29, 0.717) is 0 Å². The minimum atomic E-state index is 0.918. The Morgan fingerprint density at radius 2 is 1.92 bits per heavy atom. The third-order valence-corrected chi connectivity index (χ3v) is 4.07. The summed E-state index contributed by atoms with van der Waals surface area (Å²) in [7, 11) is 1.78. The summed E-state index contributed by atoms with van der Waals surface area (Å²) in [5.74, 6) is 0. The van der Waals surface area contributed by atoms with E-state index in [1.807, 2.05) is 75.1 Å². The van der Waals surface area contributed by atoms with Crippen molar-refractivity contribution in [3.05, 3.63) is 78.0 Å². The number of aromatic nitrogens is 3. The van der Waals surface area contributed by atoms with Crippen LogP contribution in [0.1, 0.15) is 43.2 Å². The van der Waals surface area contributed by atoms with Crippen LogP contribution in [0.3, 0.4) is 0 Å². The number of pyridine rings is 2. The quantitative estimate of drug-likeness (QED) is 0.607. The minimum absolute atomic E-state index is 0.918. The van der Waals surface area contributed by atoms with Crippen LogP contribution in [-0.4, -0.2) is 27.6 Å². The lowest BCUT2D eigenvalue weighted by Crippen LogP contribution is -2.01. The molecule has 0 aliphatic rings. The summed E-state index contributed by atoms with van der Waals surface area (Å²) >= 11 is 0. The molecule has 26 heavy (non-hydrogen) atoms. The fourth-order valence-corrected chi connectivity index (χ4v) is 2.87. The molecule has 0 radical (unpaired) electrons. The number of aliphatic imine (C=N–C) groups is 1. The molecule has 134 valence electrons. The van der Waals surface area contributed by atoms with Gasteiger partial charge in [-0.1, -0.05) is 26.5 Å². The van der Waals surface area contributed by atoms with Crippen LogP contribution in [0.5, 0.6) is 0 Å². The number of hydrogen-bond acceptors (Lipinski definition) is 3.